The van der Waals surface area contributed by atoms with Crippen molar-refractivity contribution in [2.24, 2.45) is 17.8 Å². The number of carboxylic acid groups (broad SMARTS) is 1. The van der Waals surface area contributed by atoms with E-state index in [1.54, 1.807) is 58.0 Å². The third-order valence-electron chi connectivity index (χ3n) is 12.4. The Morgan fingerprint density at radius 2 is 1.82 bits per heavy atom. The standard InChI is InChI=1S/C44H54FN5O10S/c1-24(2)59-36-14-11-27(18-32(36)45)33-21-37(31-13-12-29(58-6)19-34(31)46-33)60-30-20-35-39(51)48-44(41(53)49-61(56,57)43(5)15-16-43)22-28(44)10-8-7-9-25(3)17-26(4)38(47-42(54)55)40(52)50(35)23-30/h8,10-14,18-19,21,24-26,28,30,35,38,47H,7,9,15-17,20,22-23H2,1-6H3,(H,48,51)(H,49,53)(H,54,55)/b10-8-/t25-,26-,28-,30-,35+,38+,44-/m1/s1. The Hall–Kier alpha value is -5.45. The Kier molecular flexibility index (Phi) is 12.0. The SMILES string of the molecule is COc1ccc2c(O[C@@H]3C[C@H]4C(=O)N[C@]5(C(=O)NS(=O)(=O)C6(C)CC6)C[C@H]5/C=C\CC[C@@H](C)C[C@@H](C)[C@H](NC(=O)O)C(=O)N4C3)cc(-c3ccc(OC(C)C)c(F)c3)nc2c1. The number of fused-ring (bicyclic) bond motifs is 3. The van der Waals surface area contributed by atoms with E-state index in [0.717, 1.165) is 0 Å². The first-order valence-electron chi connectivity index (χ1n) is 20.8. The zero-order valence-corrected chi connectivity index (χ0v) is 36.0. The average Bonchev–Trinajstić information content (AvgIpc) is 4.08. The molecule has 1 aromatic heterocycles. The number of sulfonamides is 1. The van der Waals surface area contributed by atoms with Crippen molar-refractivity contribution >= 4 is 44.7 Å². The Labute approximate surface area is 354 Å². The molecule has 328 valence electrons. The van der Waals surface area contributed by atoms with E-state index >= 15 is 4.39 Å². The number of hydrogen-bond donors (Lipinski definition) is 4. The van der Waals surface area contributed by atoms with Crippen LogP contribution in [0.15, 0.2) is 54.6 Å². The van der Waals surface area contributed by atoms with Crippen molar-refractivity contribution < 1.29 is 51.3 Å². The fourth-order valence-corrected chi connectivity index (χ4v) is 9.78. The normalized spacial score (nSPS) is 28.0. The molecule has 2 aliphatic heterocycles. The molecule has 1 saturated heterocycles. The molecule has 0 radical (unpaired) electrons. The second-order valence-electron chi connectivity index (χ2n) is 17.6. The summed E-state index contributed by atoms with van der Waals surface area (Å²) in [5.74, 6) is -2.77. The summed E-state index contributed by atoms with van der Waals surface area (Å²) in [4.78, 5) is 61.4. The van der Waals surface area contributed by atoms with Gasteiger partial charge in [0.1, 0.15) is 35.2 Å². The topological polar surface area (TPSA) is 203 Å². The number of carbonyl (C=O) groups excluding carboxylic acids is 3. The summed E-state index contributed by atoms with van der Waals surface area (Å²) < 4.78 is 60.6. The lowest BCUT2D eigenvalue weighted by molar-refractivity contribution is -0.142. The van der Waals surface area contributed by atoms with E-state index in [9.17, 15) is 32.7 Å². The van der Waals surface area contributed by atoms with Crippen LogP contribution in [-0.2, 0) is 24.4 Å². The lowest BCUT2D eigenvalue weighted by Gasteiger charge is -2.32. The number of hydrogen-bond acceptors (Lipinski definition) is 10. The van der Waals surface area contributed by atoms with Crippen LogP contribution >= 0.6 is 0 Å². The highest BCUT2D eigenvalue weighted by Crippen LogP contribution is 2.48. The van der Waals surface area contributed by atoms with E-state index in [1.807, 2.05) is 19.1 Å². The van der Waals surface area contributed by atoms with Gasteiger partial charge in [0.05, 0.1) is 35.7 Å². The van der Waals surface area contributed by atoms with E-state index in [2.05, 4.69) is 15.4 Å². The van der Waals surface area contributed by atoms with E-state index in [1.165, 1.54) is 24.1 Å². The summed E-state index contributed by atoms with van der Waals surface area (Å²) in [6, 6.07) is 8.87. The van der Waals surface area contributed by atoms with Crippen molar-refractivity contribution in [3.63, 3.8) is 0 Å². The maximum atomic E-state index is 15.3. The molecule has 0 unspecified atom stereocenters. The van der Waals surface area contributed by atoms with Crippen LogP contribution in [0.25, 0.3) is 22.2 Å². The van der Waals surface area contributed by atoms with Crippen LogP contribution < -0.4 is 29.6 Å². The summed E-state index contributed by atoms with van der Waals surface area (Å²) in [6.45, 7) is 8.82. The fourth-order valence-electron chi connectivity index (χ4n) is 8.47. The predicted octanol–water partition coefficient (Wildman–Crippen LogP) is 5.71. The fraction of sp³-hybridized carbons (Fsp3) is 0.523. The third kappa shape index (κ3) is 9.12. The van der Waals surface area contributed by atoms with Crippen LogP contribution in [-0.4, -0.2) is 95.5 Å². The lowest BCUT2D eigenvalue weighted by atomic mass is 9.88. The van der Waals surface area contributed by atoms with Crippen molar-refractivity contribution in [3.05, 3.63) is 60.4 Å². The van der Waals surface area contributed by atoms with E-state index in [-0.39, 0.29) is 37.2 Å². The molecule has 7 atom stereocenters. The first-order valence-corrected chi connectivity index (χ1v) is 22.3. The number of aromatic nitrogens is 1. The van der Waals surface area contributed by atoms with E-state index in [0.29, 0.717) is 65.8 Å². The van der Waals surface area contributed by atoms with Crippen LogP contribution in [0.1, 0.15) is 79.6 Å². The van der Waals surface area contributed by atoms with Crippen LogP contribution in [0.2, 0.25) is 0 Å². The average molecular weight is 864 g/mol. The number of pyridine rings is 1. The number of halogens is 1. The minimum absolute atomic E-state index is 0.0676. The molecule has 17 heteroatoms. The highest BCUT2D eigenvalue weighted by atomic mass is 32.2. The van der Waals surface area contributed by atoms with Crippen molar-refractivity contribution in [1.29, 1.82) is 0 Å². The van der Waals surface area contributed by atoms with E-state index in [4.69, 9.17) is 19.2 Å². The molecular weight excluding hydrogens is 810 g/mol. The van der Waals surface area contributed by atoms with Crippen LogP contribution in [0.5, 0.6) is 17.2 Å². The molecule has 3 aromatic rings. The van der Waals surface area contributed by atoms with Gasteiger partial charge in [0.2, 0.25) is 21.8 Å². The van der Waals surface area contributed by atoms with Crippen molar-refractivity contribution in [2.45, 2.75) is 114 Å². The van der Waals surface area contributed by atoms with E-state index < -0.39 is 80.0 Å². The smallest absolute Gasteiger partial charge is 0.405 e. The van der Waals surface area contributed by atoms with Crippen LogP contribution in [0.3, 0.4) is 0 Å². The lowest BCUT2D eigenvalue weighted by Crippen LogP contribution is -2.59. The first-order chi connectivity index (χ1) is 28.8. The largest absolute Gasteiger partial charge is 0.497 e. The number of benzene rings is 2. The Morgan fingerprint density at radius 3 is 2.49 bits per heavy atom. The highest BCUT2D eigenvalue weighted by molar-refractivity contribution is 7.91. The van der Waals surface area contributed by atoms with Gasteiger partial charge in [0.25, 0.3) is 5.91 Å². The number of nitrogens with zero attached hydrogens (tertiary/aromatic N) is 2. The molecule has 2 aliphatic carbocycles. The van der Waals surface area contributed by atoms with Crippen LogP contribution in [0.4, 0.5) is 9.18 Å². The van der Waals surface area contributed by atoms with Crippen LogP contribution in [0, 0.1) is 23.6 Å². The Bertz CT molecular complexity index is 2370. The summed E-state index contributed by atoms with van der Waals surface area (Å²) in [6.07, 6.45) is 3.96. The highest BCUT2D eigenvalue weighted by Gasteiger charge is 2.63. The molecule has 15 nitrogen and oxygen atoms in total. The van der Waals surface area contributed by atoms with Gasteiger partial charge in [-0.2, -0.15) is 0 Å². The number of allylic oxidation sites excluding steroid dienone is 1. The second-order valence-corrected chi connectivity index (χ2v) is 19.8. The number of amides is 4. The van der Waals surface area contributed by atoms with Gasteiger partial charge < -0.3 is 34.9 Å². The molecule has 3 fully saturated rings. The number of rotatable bonds is 10. The first kappa shape index (κ1) is 43.6. The molecule has 61 heavy (non-hydrogen) atoms. The zero-order valence-electron chi connectivity index (χ0n) is 35.2. The number of nitrogens with one attached hydrogen (secondary N) is 3. The van der Waals surface area contributed by atoms with Gasteiger partial charge in [-0.15, -0.1) is 0 Å². The molecule has 4 N–H and O–H groups in total. The Morgan fingerprint density at radius 1 is 1.07 bits per heavy atom. The monoisotopic (exact) mass is 863 g/mol. The van der Waals surface area contributed by atoms with Gasteiger partial charge in [-0.3, -0.25) is 19.1 Å². The van der Waals surface area contributed by atoms with Gasteiger partial charge >= 0.3 is 6.09 Å². The van der Waals surface area contributed by atoms with Crippen molar-refractivity contribution in [2.75, 3.05) is 13.7 Å². The number of ether oxygens (including phenoxy) is 3. The molecule has 2 aromatic carbocycles. The summed E-state index contributed by atoms with van der Waals surface area (Å²) in [5, 5.41) is 15.7. The Balaban J connectivity index is 1.25. The molecule has 0 spiro atoms. The molecular formula is C44H54FN5O10S. The van der Waals surface area contributed by atoms with Gasteiger partial charge in [-0.05, 0) is 101 Å². The second kappa shape index (κ2) is 16.8. The molecule has 4 amide bonds. The predicted molar refractivity (Wildman–Crippen MR) is 224 cm³/mol. The number of carbonyl (C=O) groups is 4. The summed E-state index contributed by atoms with van der Waals surface area (Å²) >= 11 is 0. The maximum absolute atomic E-state index is 15.3. The van der Waals surface area contributed by atoms with Crippen molar-refractivity contribution in [3.8, 4) is 28.5 Å². The minimum Gasteiger partial charge on any atom is -0.497 e. The quantitative estimate of drug-likeness (QED) is 0.182. The van der Waals surface area contributed by atoms with Gasteiger partial charge in [-0.25, -0.2) is 22.6 Å². The zero-order chi connectivity index (χ0) is 44.0. The third-order valence-corrected chi connectivity index (χ3v) is 14.6. The maximum Gasteiger partial charge on any atom is 0.405 e. The molecule has 2 saturated carbocycles. The molecule has 4 aliphatic rings. The molecule has 7 rings (SSSR count). The minimum atomic E-state index is -4.05. The van der Waals surface area contributed by atoms with Crippen molar-refractivity contribution in [1.82, 2.24) is 25.2 Å². The molecule has 0 bridgehead atoms. The molecule has 3 heterocycles. The summed E-state index contributed by atoms with van der Waals surface area (Å²) in [7, 11) is -2.54. The number of methoxy groups -OCH3 is 1. The van der Waals surface area contributed by atoms with Gasteiger partial charge in [0.15, 0.2) is 11.6 Å². The van der Waals surface area contributed by atoms with Gasteiger partial charge in [0, 0.05) is 35.4 Å². The van der Waals surface area contributed by atoms with Gasteiger partial charge in [-0.1, -0.05) is 26.0 Å². The summed E-state index contributed by atoms with van der Waals surface area (Å²) in [5.41, 5.74) is -0.354.